The summed E-state index contributed by atoms with van der Waals surface area (Å²) >= 11 is 3.39. The number of thioether (sulfide) groups is 1. The lowest BCUT2D eigenvalue weighted by Crippen LogP contribution is -1.88. The van der Waals surface area contributed by atoms with E-state index in [2.05, 4.69) is 13.8 Å². The highest BCUT2D eigenvalue weighted by atomic mass is 32.2. The molecule has 0 saturated heterocycles. The molecule has 0 aliphatic heterocycles. The maximum atomic E-state index is 10.4. The number of carbonyl (C=O) groups excluding carboxylic acids is 1. The summed E-state index contributed by atoms with van der Waals surface area (Å²) in [5, 5.41) is 0. The van der Waals surface area contributed by atoms with Gasteiger partial charge in [0.25, 0.3) is 0 Å². The van der Waals surface area contributed by atoms with E-state index in [0.29, 0.717) is 5.92 Å². The molecule has 0 aromatic carbocycles. The zero-order chi connectivity index (χ0) is 8.97. The molecule has 0 atom stereocenters. The molecule has 0 bridgehead atoms. The Morgan fingerprint density at radius 3 is 2.83 bits per heavy atom. The van der Waals surface area contributed by atoms with Gasteiger partial charge >= 0.3 is 0 Å². The minimum absolute atomic E-state index is 0.705. The average molecular weight is 200 g/mol. The Labute approximate surface area is 81.2 Å². The van der Waals surface area contributed by atoms with E-state index >= 15 is 0 Å². The second-order valence-corrected chi connectivity index (χ2v) is 5.42. The molecule has 0 radical (unpaired) electrons. The molecule has 1 nitrogen and oxygen atoms in total. The van der Waals surface area contributed by atoms with Gasteiger partial charge in [-0.15, -0.1) is 23.1 Å². The van der Waals surface area contributed by atoms with Gasteiger partial charge in [-0.05, 0) is 18.1 Å². The van der Waals surface area contributed by atoms with Gasteiger partial charge in [-0.3, -0.25) is 4.79 Å². The minimum atomic E-state index is 0.705. The van der Waals surface area contributed by atoms with Gasteiger partial charge in [-0.1, -0.05) is 13.8 Å². The molecule has 1 rings (SSSR count). The molecule has 1 heterocycles. The smallest absolute Gasteiger partial charge is 0.160 e. The second-order valence-electron chi connectivity index (χ2n) is 2.98. The molecule has 1 aromatic heterocycles. The molecule has 0 amide bonds. The van der Waals surface area contributed by atoms with E-state index in [1.807, 2.05) is 23.9 Å². The number of aldehydes is 1. The summed E-state index contributed by atoms with van der Waals surface area (Å²) in [6.45, 7) is 4.39. The fraction of sp³-hybridized carbons (Fsp3) is 0.444. The molecule has 0 saturated carbocycles. The predicted molar refractivity (Wildman–Crippen MR) is 55.3 cm³/mol. The number of hydrogen-bond donors (Lipinski definition) is 0. The maximum absolute atomic E-state index is 10.4. The summed E-state index contributed by atoms with van der Waals surface area (Å²) in [5.41, 5.74) is 0. The largest absolute Gasteiger partial charge is 0.297 e. The summed E-state index contributed by atoms with van der Waals surface area (Å²) in [7, 11) is 0. The van der Waals surface area contributed by atoms with Crippen molar-refractivity contribution in [2.24, 2.45) is 5.92 Å². The molecule has 3 heteroatoms. The Hall–Kier alpha value is -0.280. The molecule has 0 unspecified atom stereocenters. The molecule has 0 aliphatic carbocycles. The van der Waals surface area contributed by atoms with E-state index in [0.717, 1.165) is 16.9 Å². The van der Waals surface area contributed by atoms with Crippen molar-refractivity contribution < 1.29 is 4.79 Å². The van der Waals surface area contributed by atoms with E-state index in [1.165, 1.54) is 4.21 Å². The zero-order valence-corrected chi connectivity index (χ0v) is 8.87. The minimum Gasteiger partial charge on any atom is -0.297 e. The third-order valence-electron chi connectivity index (χ3n) is 1.28. The fourth-order valence-corrected chi connectivity index (χ4v) is 2.67. The van der Waals surface area contributed by atoms with Crippen LogP contribution in [0.1, 0.15) is 23.5 Å². The summed E-state index contributed by atoms with van der Waals surface area (Å²) in [4.78, 5) is 11.2. The average Bonchev–Trinajstić information content (AvgIpc) is 2.48. The van der Waals surface area contributed by atoms with Crippen LogP contribution in [0.2, 0.25) is 0 Å². The summed E-state index contributed by atoms with van der Waals surface area (Å²) in [5.74, 6) is 1.83. The molecule has 0 spiro atoms. The number of carbonyl (C=O) groups is 1. The number of rotatable bonds is 4. The standard InChI is InChI=1S/C9H12OS2/c1-7(2)6-11-9-4-3-8(5-10)12-9/h3-5,7H,6H2,1-2H3. The Balaban J connectivity index is 2.47. The molecule has 1 aromatic rings. The zero-order valence-electron chi connectivity index (χ0n) is 7.24. The first-order chi connectivity index (χ1) is 5.72. The van der Waals surface area contributed by atoms with Crippen LogP contribution in [0.25, 0.3) is 0 Å². The summed E-state index contributed by atoms with van der Waals surface area (Å²) < 4.78 is 1.24. The van der Waals surface area contributed by atoms with Crippen LogP contribution in [0.3, 0.4) is 0 Å². The molecule has 0 fully saturated rings. The van der Waals surface area contributed by atoms with Crippen molar-refractivity contribution in [3.8, 4) is 0 Å². The van der Waals surface area contributed by atoms with Crippen LogP contribution in [0.4, 0.5) is 0 Å². The van der Waals surface area contributed by atoms with Crippen LogP contribution in [0, 0.1) is 5.92 Å². The van der Waals surface area contributed by atoms with Crippen LogP contribution >= 0.6 is 23.1 Å². The predicted octanol–water partition coefficient (Wildman–Crippen LogP) is 3.31. The highest BCUT2D eigenvalue weighted by Crippen LogP contribution is 2.27. The first kappa shape index (κ1) is 9.81. The van der Waals surface area contributed by atoms with Crippen molar-refractivity contribution in [3.63, 3.8) is 0 Å². The van der Waals surface area contributed by atoms with Crippen LogP contribution in [-0.4, -0.2) is 12.0 Å². The Morgan fingerprint density at radius 2 is 2.33 bits per heavy atom. The molecular formula is C9H12OS2. The second kappa shape index (κ2) is 4.67. The molecule has 0 N–H and O–H groups in total. The van der Waals surface area contributed by atoms with Crippen molar-refractivity contribution in [2.45, 2.75) is 18.1 Å². The highest BCUT2D eigenvalue weighted by molar-refractivity contribution is 8.01. The van der Waals surface area contributed by atoms with Crippen molar-refractivity contribution in [1.29, 1.82) is 0 Å². The highest BCUT2D eigenvalue weighted by Gasteiger charge is 2.00. The van der Waals surface area contributed by atoms with Gasteiger partial charge in [0, 0.05) is 5.75 Å². The topological polar surface area (TPSA) is 17.1 Å². The van der Waals surface area contributed by atoms with Crippen molar-refractivity contribution in [2.75, 3.05) is 5.75 Å². The van der Waals surface area contributed by atoms with Crippen LogP contribution in [-0.2, 0) is 0 Å². The van der Waals surface area contributed by atoms with E-state index in [4.69, 9.17) is 0 Å². The van der Waals surface area contributed by atoms with Gasteiger partial charge in [0.05, 0.1) is 9.09 Å². The van der Waals surface area contributed by atoms with Gasteiger partial charge in [0.2, 0.25) is 0 Å². The summed E-state index contributed by atoms with van der Waals surface area (Å²) in [6, 6.07) is 3.89. The van der Waals surface area contributed by atoms with Gasteiger partial charge in [0.15, 0.2) is 6.29 Å². The molecule has 0 aliphatic rings. The van der Waals surface area contributed by atoms with E-state index in [1.54, 1.807) is 11.3 Å². The lowest BCUT2D eigenvalue weighted by Gasteiger charge is -2.00. The monoisotopic (exact) mass is 200 g/mol. The van der Waals surface area contributed by atoms with E-state index in [9.17, 15) is 4.79 Å². The molecular weight excluding hydrogens is 188 g/mol. The number of hydrogen-bond acceptors (Lipinski definition) is 3. The Bertz CT molecular complexity index is 253. The van der Waals surface area contributed by atoms with Crippen LogP contribution in [0.15, 0.2) is 16.3 Å². The first-order valence-corrected chi connectivity index (χ1v) is 5.70. The third kappa shape index (κ3) is 2.99. The maximum Gasteiger partial charge on any atom is 0.160 e. The quantitative estimate of drug-likeness (QED) is 0.548. The lowest BCUT2D eigenvalue weighted by molar-refractivity contribution is 0.112. The van der Waals surface area contributed by atoms with Gasteiger partial charge in [0.1, 0.15) is 0 Å². The van der Waals surface area contributed by atoms with Crippen molar-refractivity contribution in [1.82, 2.24) is 0 Å². The van der Waals surface area contributed by atoms with Gasteiger partial charge in [-0.2, -0.15) is 0 Å². The van der Waals surface area contributed by atoms with Crippen molar-refractivity contribution >= 4 is 29.4 Å². The number of thiophene rings is 1. The van der Waals surface area contributed by atoms with Gasteiger partial charge < -0.3 is 0 Å². The Morgan fingerprint density at radius 1 is 1.58 bits per heavy atom. The summed E-state index contributed by atoms with van der Waals surface area (Å²) in [6.07, 6.45) is 0.907. The van der Waals surface area contributed by atoms with E-state index in [-0.39, 0.29) is 0 Å². The molecule has 12 heavy (non-hydrogen) atoms. The lowest BCUT2D eigenvalue weighted by atomic mass is 10.3. The SMILES string of the molecule is CC(C)CSc1ccc(C=O)s1. The van der Waals surface area contributed by atoms with Crippen LogP contribution < -0.4 is 0 Å². The molecule has 66 valence electrons. The fourth-order valence-electron chi connectivity index (χ4n) is 0.724. The van der Waals surface area contributed by atoms with Crippen LogP contribution in [0.5, 0.6) is 0 Å². The van der Waals surface area contributed by atoms with E-state index < -0.39 is 0 Å². The van der Waals surface area contributed by atoms with Crippen molar-refractivity contribution in [3.05, 3.63) is 17.0 Å². The Kier molecular flexibility index (Phi) is 3.82. The normalized spacial score (nSPS) is 10.6. The van der Waals surface area contributed by atoms with Gasteiger partial charge in [-0.25, -0.2) is 0 Å². The first-order valence-electron chi connectivity index (χ1n) is 3.90. The third-order valence-corrected chi connectivity index (χ3v) is 3.94.